The molecule has 1 saturated heterocycles. The molecule has 1 aliphatic rings. The van der Waals surface area contributed by atoms with Gasteiger partial charge >= 0.3 is 0 Å². The number of amides is 3. The summed E-state index contributed by atoms with van der Waals surface area (Å²) in [7, 11) is 0. The first-order valence-electron chi connectivity index (χ1n) is 8.58. The molecule has 0 aliphatic carbocycles. The number of halogens is 1. The molecule has 0 bridgehead atoms. The molecule has 1 N–H and O–H groups in total. The van der Waals surface area contributed by atoms with Crippen molar-refractivity contribution < 1.29 is 14.4 Å². The SMILES string of the molecule is O=C(CS[C@H]1CC(=O)N(CCc2ccccc2)C1=O)Nc1ccc(Cl)cc1. The van der Waals surface area contributed by atoms with E-state index in [1.165, 1.54) is 16.7 Å². The Morgan fingerprint density at radius 3 is 2.52 bits per heavy atom. The fourth-order valence-corrected chi connectivity index (χ4v) is 3.89. The second kappa shape index (κ2) is 9.06. The van der Waals surface area contributed by atoms with Crippen molar-refractivity contribution >= 4 is 46.8 Å². The van der Waals surface area contributed by atoms with Crippen LogP contribution in [0.25, 0.3) is 0 Å². The van der Waals surface area contributed by atoms with Crippen LogP contribution >= 0.6 is 23.4 Å². The summed E-state index contributed by atoms with van der Waals surface area (Å²) in [6, 6.07) is 16.5. The first-order chi connectivity index (χ1) is 13.0. The minimum atomic E-state index is -0.496. The van der Waals surface area contributed by atoms with Crippen LogP contribution in [0.4, 0.5) is 5.69 Å². The Bertz CT molecular complexity index is 827. The molecule has 27 heavy (non-hydrogen) atoms. The van der Waals surface area contributed by atoms with Gasteiger partial charge in [-0.25, -0.2) is 0 Å². The van der Waals surface area contributed by atoms with E-state index in [0.29, 0.717) is 23.7 Å². The highest BCUT2D eigenvalue weighted by Gasteiger charge is 2.38. The van der Waals surface area contributed by atoms with Crippen LogP contribution in [0.1, 0.15) is 12.0 Å². The van der Waals surface area contributed by atoms with Gasteiger partial charge in [-0.1, -0.05) is 41.9 Å². The van der Waals surface area contributed by atoms with Gasteiger partial charge < -0.3 is 5.32 Å². The molecule has 1 fully saturated rings. The Hall–Kier alpha value is -2.31. The summed E-state index contributed by atoms with van der Waals surface area (Å²) in [5, 5.41) is 2.84. The highest BCUT2D eigenvalue weighted by atomic mass is 35.5. The average Bonchev–Trinajstić information content (AvgIpc) is 2.94. The van der Waals surface area contributed by atoms with E-state index in [4.69, 9.17) is 11.6 Å². The maximum absolute atomic E-state index is 12.5. The third-order valence-electron chi connectivity index (χ3n) is 4.21. The first kappa shape index (κ1) is 19.5. The number of anilines is 1. The number of nitrogens with one attached hydrogen (secondary N) is 1. The molecule has 3 rings (SSSR count). The quantitative estimate of drug-likeness (QED) is 0.721. The van der Waals surface area contributed by atoms with Gasteiger partial charge in [-0.05, 0) is 36.2 Å². The maximum atomic E-state index is 12.5. The van der Waals surface area contributed by atoms with E-state index in [9.17, 15) is 14.4 Å². The summed E-state index contributed by atoms with van der Waals surface area (Å²) in [6.45, 7) is 0.371. The summed E-state index contributed by atoms with van der Waals surface area (Å²) < 4.78 is 0. The number of carbonyl (C=O) groups is 3. The van der Waals surface area contributed by atoms with E-state index in [1.807, 2.05) is 30.3 Å². The summed E-state index contributed by atoms with van der Waals surface area (Å²) in [6.07, 6.45) is 0.777. The molecule has 2 aromatic rings. The smallest absolute Gasteiger partial charge is 0.242 e. The fraction of sp³-hybridized carbons (Fsp3) is 0.250. The number of rotatable bonds is 7. The minimum Gasteiger partial charge on any atom is -0.325 e. The molecule has 0 radical (unpaired) electrons. The van der Waals surface area contributed by atoms with E-state index in [1.54, 1.807) is 24.3 Å². The molecule has 1 aliphatic heterocycles. The van der Waals surface area contributed by atoms with Gasteiger partial charge in [0.25, 0.3) is 0 Å². The van der Waals surface area contributed by atoms with E-state index >= 15 is 0 Å². The lowest BCUT2D eigenvalue weighted by molar-refractivity contribution is -0.138. The fourth-order valence-electron chi connectivity index (χ4n) is 2.81. The summed E-state index contributed by atoms with van der Waals surface area (Å²) in [5.74, 6) is -0.490. The van der Waals surface area contributed by atoms with E-state index in [0.717, 1.165) is 5.56 Å². The van der Waals surface area contributed by atoms with Gasteiger partial charge in [-0.2, -0.15) is 0 Å². The number of hydrogen-bond donors (Lipinski definition) is 1. The van der Waals surface area contributed by atoms with Crippen molar-refractivity contribution in [2.75, 3.05) is 17.6 Å². The van der Waals surface area contributed by atoms with Crippen LogP contribution in [0.2, 0.25) is 5.02 Å². The molecular formula is C20H19ClN2O3S. The lowest BCUT2D eigenvalue weighted by Gasteiger charge is -2.14. The van der Waals surface area contributed by atoms with Crippen LogP contribution in [-0.4, -0.2) is 40.2 Å². The van der Waals surface area contributed by atoms with Crippen molar-refractivity contribution in [2.45, 2.75) is 18.1 Å². The van der Waals surface area contributed by atoms with Gasteiger partial charge in [0.15, 0.2) is 0 Å². The molecule has 3 amide bonds. The summed E-state index contributed by atoms with van der Waals surface area (Å²) in [5.41, 5.74) is 1.72. The van der Waals surface area contributed by atoms with Crippen molar-refractivity contribution in [2.24, 2.45) is 0 Å². The van der Waals surface area contributed by atoms with Crippen LogP contribution in [0.5, 0.6) is 0 Å². The highest BCUT2D eigenvalue weighted by molar-refractivity contribution is 8.01. The third kappa shape index (κ3) is 5.34. The zero-order chi connectivity index (χ0) is 19.2. The van der Waals surface area contributed by atoms with Gasteiger partial charge in [0.05, 0.1) is 11.0 Å². The van der Waals surface area contributed by atoms with E-state index < -0.39 is 5.25 Å². The number of nitrogens with zero attached hydrogens (tertiary/aromatic N) is 1. The van der Waals surface area contributed by atoms with Crippen LogP contribution in [0.15, 0.2) is 54.6 Å². The lowest BCUT2D eigenvalue weighted by Crippen LogP contribution is -2.33. The second-order valence-corrected chi connectivity index (χ2v) is 7.81. The van der Waals surface area contributed by atoms with Crippen LogP contribution in [-0.2, 0) is 20.8 Å². The zero-order valence-corrected chi connectivity index (χ0v) is 16.1. The number of likely N-dealkylation sites (tertiary alicyclic amines) is 1. The topological polar surface area (TPSA) is 66.5 Å². The lowest BCUT2D eigenvalue weighted by atomic mass is 10.1. The number of thioether (sulfide) groups is 1. The molecule has 0 spiro atoms. The predicted molar refractivity (Wildman–Crippen MR) is 108 cm³/mol. The number of hydrogen-bond acceptors (Lipinski definition) is 4. The molecule has 5 nitrogen and oxygen atoms in total. The van der Waals surface area contributed by atoms with Crippen molar-refractivity contribution in [3.05, 3.63) is 65.2 Å². The molecule has 0 aromatic heterocycles. The van der Waals surface area contributed by atoms with Crippen molar-refractivity contribution in [3.63, 3.8) is 0 Å². The third-order valence-corrected chi connectivity index (χ3v) is 5.66. The number of carbonyl (C=O) groups excluding carboxylic acids is 3. The number of imide groups is 1. The molecular weight excluding hydrogens is 384 g/mol. The van der Waals surface area contributed by atoms with Gasteiger partial charge in [0, 0.05) is 23.7 Å². The first-order valence-corrected chi connectivity index (χ1v) is 10.0. The summed E-state index contributed by atoms with van der Waals surface area (Å²) in [4.78, 5) is 38.0. The molecule has 0 unspecified atom stereocenters. The molecule has 1 heterocycles. The van der Waals surface area contributed by atoms with Gasteiger partial charge in [0.2, 0.25) is 17.7 Å². The summed E-state index contributed by atoms with van der Waals surface area (Å²) >= 11 is 7.01. The second-order valence-electron chi connectivity index (χ2n) is 6.18. The molecule has 1 atom stereocenters. The molecule has 2 aromatic carbocycles. The average molecular weight is 403 g/mol. The Balaban J connectivity index is 1.48. The predicted octanol–water partition coefficient (Wildman–Crippen LogP) is 3.38. The normalized spacial score (nSPS) is 16.6. The Morgan fingerprint density at radius 1 is 1.11 bits per heavy atom. The number of benzene rings is 2. The van der Waals surface area contributed by atoms with Gasteiger partial charge in [-0.3, -0.25) is 19.3 Å². The van der Waals surface area contributed by atoms with E-state index in [-0.39, 0.29) is 29.9 Å². The van der Waals surface area contributed by atoms with E-state index in [2.05, 4.69) is 5.32 Å². The zero-order valence-electron chi connectivity index (χ0n) is 14.6. The van der Waals surface area contributed by atoms with Gasteiger partial charge in [-0.15, -0.1) is 11.8 Å². The van der Waals surface area contributed by atoms with Gasteiger partial charge in [0.1, 0.15) is 0 Å². The standard InChI is InChI=1S/C20H19ClN2O3S/c21-15-6-8-16(9-7-15)22-18(24)13-27-17-12-19(25)23(20(17)26)11-10-14-4-2-1-3-5-14/h1-9,17H,10-13H2,(H,22,24)/t17-/m0/s1. The van der Waals surface area contributed by atoms with Crippen molar-refractivity contribution in [3.8, 4) is 0 Å². The van der Waals surface area contributed by atoms with Crippen LogP contribution < -0.4 is 5.32 Å². The van der Waals surface area contributed by atoms with Crippen LogP contribution in [0, 0.1) is 0 Å². The Morgan fingerprint density at radius 2 is 1.81 bits per heavy atom. The van der Waals surface area contributed by atoms with Crippen molar-refractivity contribution in [1.29, 1.82) is 0 Å². The highest BCUT2D eigenvalue weighted by Crippen LogP contribution is 2.25. The largest absolute Gasteiger partial charge is 0.325 e. The monoisotopic (exact) mass is 402 g/mol. The minimum absolute atomic E-state index is 0.110. The molecule has 0 saturated carbocycles. The van der Waals surface area contributed by atoms with Crippen LogP contribution in [0.3, 0.4) is 0 Å². The Kier molecular flexibility index (Phi) is 6.53. The molecule has 7 heteroatoms. The maximum Gasteiger partial charge on any atom is 0.242 e. The van der Waals surface area contributed by atoms with Crippen molar-refractivity contribution in [1.82, 2.24) is 4.90 Å². The Labute approximate surface area is 167 Å². The molecule has 140 valence electrons.